The van der Waals surface area contributed by atoms with Crippen molar-refractivity contribution in [2.75, 3.05) is 10.7 Å². The third-order valence-electron chi connectivity index (χ3n) is 3.80. The summed E-state index contributed by atoms with van der Waals surface area (Å²) in [6.07, 6.45) is 2.69. The Morgan fingerprint density at radius 3 is 2.48 bits per heavy atom. The molecular weight excluding hydrogens is 360 g/mol. The molecule has 140 valence electrons. The highest BCUT2D eigenvalue weighted by Gasteiger charge is 2.21. The van der Waals surface area contributed by atoms with Gasteiger partial charge in [-0.25, -0.2) is 29.0 Å². The number of H-pyrrole nitrogens is 1. The zero-order chi connectivity index (χ0) is 19.9. The van der Waals surface area contributed by atoms with Crippen molar-refractivity contribution < 1.29 is 8.78 Å². The fraction of sp³-hybridized carbons (Fsp3) is 0.125. The summed E-state index contributed by atoms with van der Waals surface area (Å²) in [5.41, 5.74) is 4.16. The largest absolute Gasteiger partial charge is 0.397 e. The molecule has 5 N–H and O–H groups in total. The van der Waals surface area contributed by atoms with Gasteiger partial charge in [0.2, 0.25) is 0 Å². The van der Waals surface area contributed by atoms with E-state index in [2.05, 4.69) is 15.0 Å². The molecule has 27 heavy (non-hydrogen) atoms. The van der Waals surface area contributed by atoms with Gasteiger partial charge in [-0.05, 0) is 13.8 Å². The molecule has 0 bridgehead atoms. The number of nitrogens with two attached hydrogens (primary N) is 2. The summed E-state index contributed by atoms with van der Waals surface area (Å²) in [7, 11) is 0. The second kappa shape index (κ2) is 6.61. The van der Waals surface area contributed by atoms with Crippen LogP contribution < -0.4 is 27.8 Å². The molecule has 2 heterocycles. The van der Waals surface area contributed by atoms with E-state index in [1.165, 1.54) is 19.3 Å². The van der Waals surface area contributed by atoms with Crippen molar-refractivity contribution in [2.24, 2.45) is 5.84 Å². The molecule has 0 saturated heterocycles. The highest BCUT2D eigenvalue weighted by atomic mass is 19.2. The van der Waals surface area contributed by atoms with Crippen LogP contribution in [0, 0.1) is 25.5 Å². The quantitative estimate of drug-likeness (QED) is 0.350. The first kappa shape index (κ1) is 18.2. The molecule has 0 atom stereocenters. The maximum atomic E-state index is 13.6. The van der Waals surface area contributed by atoms with Crippen molar-refractivity contribution in [1.29, 1.82) is 0 Å². The molecule has 0 aliphatic rings. The van der Waals surface area contributed by atoms with Gasteiger partial charge >= 0.3 is 5.69 Å². The average Bonchev–Trinajstić information content (AvgIpc) is 2.57. The number of benzene rings is 1. The van der Waals surface area contributed by atoms with Crippen LogP contribution in [0.3, 0.4) is 0 Å². The Hall–Kier alpha value is -3.60. The molecule has 0 aliphatic carbocycles. The van der Waals surface area contributed by atoms with Crippen LogP contribution in [0.25, 0.3) is 5.82 Å². The average molecular weight is 375 g/mol. The Bertz CT molecular complexity index is 1160. The lowest BCUT2D eigenvalue weighted by Gasteiger charge is -2.22. The molecule has 11 heteroatoms. The van der Waals surface area contributed by atoms with Crippen LogP contribution in [0.15, 0.2) is 34.1 Å². The summed E-state index contributed by atoms with van der Waals surface area (Å²) in [4.78, 5) is 35.7. The lowest BCUT2D eigenvalue weighted by atomic mass is 10.2. The standard InChI is InChI=1S/C16H15F2N7O2/c1-7-5-21-6-13(22-7)24-15(26)14(8(2)23-16(24)27)25(20)12-4-10(18)9(17)3-11(12)19/h3-6H,19-20H2,1-2H3,(H,23,27). The summed E-state index contributed by atoms with van der Waals surface area (Å²) in [6.45, 7) is 3.07. The molecule has 9 nitrogen and oxygen atoms in total. The zero-order valence-corrected chi connectivity index (χ0v) is 14.3. The number of rotatable bonds is 3. The van der Waals surface area contributed by atoms with Crippen molar-refractivity contribution >= 4 is 17.1 Å². The maximum Gasteiger partial charge on any atom is 0.334 e. The molecule has 3 aromatic rings. The van der Waals surface area contributed by atoms with E-state index >= 15 is 0 Å². The lowest BCUT2D eigenvalue weighted by molar-refractivity contribution is 0.509. The van der Waals surface area contributed by atoms with Gasteiger partial charge in [-0.15, -0.1) is 0 Å². The maximum absolute atomic E-state index is 13.6. The number of hydrogen-bond donors (Lipinski definition) is 3. The van der Waals surface area contributed by atoms with Gasteiger partial charge < -0.3 is 10.7 Å². The van der Waals surface area contributed by atoms with E-state index in [9.17, 15) is 18.4 Å². The van der Waals surface area contributed by atoms with Crippen molar-refractivity contribution in [3.8, 4) is 5.82 Å². The Kier molecular flexibility index (Phi) is 4.45. The Morgan fingerprint density at radius 2 is 1.81 bits per heavy atom. The number of halogens is 2. The van der Waals surface area contributed by atoms with E-state index in [0.29, 0.717) is 5.69 Å². The third-order valence-corrected chi connectivity index (χ3v) is 3.80. The molecule has 1 aromatic carbocycles. The van der Waals surface area contributed by atoms with Crippen LogP contribution in [0.2, 0.25) is 0 Å². The molecule has 0 spiro atoms. The minimum absolute atomic E-state index is 0.0193. The molecule has 3 rings (SSSR count). The van der Waals surface area contributed by atoms with Crippen molar-refractivity contribution in [1.82, 2.24) is 19.5 Å². The van der Waals surface area contributed by atoms with Gasteiger partial charge in [0, 0.05) is 24.0 Å². The zero-order valence-electron chi connectivity index (χ0n) is 14.3. The number of nitrogens with one attached hydrogen (secondary N) is 1. The number of aromatic amines is 1. The van der Waals surface area contributed by atoms with Crippen LogP contribution in [0.1, 0.15) is 11.4 Å². The van der Waals surface area contributed by atoms with Crippen molar-refractivity contribution in [2.45, 2.75) is 13.8 Å². The summed E-state index contributed by atoms with van der Waals surface area (Å²) in [5.74, 6) is 3.59. The van der Waals surface area contributed by atoms with E-state index in [-0.39, 0.29) is 28.6 Å². The van der Waals surface area contributed by atoms with E-state index in [4.69, 9.17) is 11.6 Å². The normalized spacial score (nSPS) is 10.9. The second-order valence-electron chi connectivity index (χ2n) is 5.76. The van der Waals surface area contributed by atoms with E-state index < -0.39 is 22.9 Å². The molecule has 0 saturated carbocycles. The fourth-order valence-corrected chi connectivity index (χ4v) is 2.56. The summed E-state index contributed by atoms with van der Waals surface area (Å²) in [6, 6.07) is 1.50. The molecule has 2 aromatic heterocycles. The van der Waals surface area contributed by atoms with Gasteiger partial charge in [0.05, 0.1) is 23.3 Å². The van der Waals surface area contributed by atoms with Gasteiger partial charge in [-0.3, -0.25) is 14.8 Å². The fourth-order valence-electron chi connectivity index (χ4n) is 2.56. The van der Waals surface area contributed by atoms with Crippen LogP contribution in [0.4, 0.5) is 25.8 Å². The van der Waals surface area contributed by atoms with Gasteiger partial charge in [0.1, 0.15) is 5.69 Å². The molecular formula is C16H15F2N7O2. The summed E-state index contributed by atoms with van der Waals surface area (Å²) in [5, 5.41) is 0.783. The highest BCUT2D eigenvalue weighted by Crippen LogP contribution is 2.29. The van der Waals surface area contributed by atoms with E-state index in [1.54, 1.807) is 6.92 Å². The van der Waals surface area contributed by atoms with Gasteiger partial charge in [0.25, 0.3) is 5.56 Å². The first-order chi connectivity index (χ1) is 12.7. The summed E-state index contributed by atoms with van der Waals surface area (Å²) < 4.78 is 27.7. The smallest absolute Gasteiger partial charge is 0.334 e. The predicted octanol–water partition coefficient (Wildman–Crippen LogP) is 0.805. The van der Waals surface area contributed by atoms with Crippen LogP contribution >= 0.6 is 0 Å². The minimum atomic E-state index is -1.19. The topological polar surface area (TPSA) is 136 Å². The third kappa shape index (κ3) is 3.15. The SMILES string of the molecule is Cc1cncc(-n2c(=O)[nH]c(C)c(N(N)c3cc(F)c(F)cc3N)c2=O)n1. The monoisotopic (exact) mass is 375 g/mol. The van der Waals surface area contributed by atoms with Crippen LogP contribution in [-0.2, 0) is 0 Å². The highest BCUT2D eigenvalue weighted by molar-refractivity contribution is 5.74. The van der Waals surface area contributed by atoms with E-state index in [0.717, 1.165) is 21.7 Å². The molecule has 0 radical (unpaired) electrons. The first-order valence-corrected chi connectivity index (χ1v) is 7.65. The minimum Gasteiger partial charge on any atom is -0.397 e. The first-order valence-electron chi connectivity index (χ1n) is 7.65. The number of nitrogen functional groups attached to an aromatic ring is 1. The predicted molar refractivity (Wildman–Crippen MR) is 94.8 cm³/mol. The lowest BCUT2D eigenvalue weighted by Crippen LogP contribution is -2.41. The van der Waals surface area contributed by atoms with Crippen molar-refractivity contribution in [3.63, 3.8) is 0 Å². The Balaban J connectivity index is 2.26. The van der Waals surface area contributed by atoms with Gasteiger partial charge in [0.15, 0.2) is 17.5 Å². The number of nitrogens with zero attached hydrogens (tertiary/aromatic N) is 4. The van der Waals surface area contributed by atoms with Gasteiger partial charge in [-0.1, -0.05) is 0 Å². The number of aryl methyl sites for hydroxylation is 2. The molecule has 0 fully saturated rings. The number of aromatic nitrogens is 4. The van der Waals surface area contributed by atoms with Crippen LogP contribution in [0.5, 0.6) is 0 Å². The van der Waals surface area contributed by atoms with Gasteiger partial charge in [-0.2, -0.15) is 0 Å². The number of anilines is 3. The summed E-state index contributed by atoms with van der Waals surface area (Å²) >= 11 is 0. The van der Waals surface area contributed by atoms with Crippen molar-refractivity contribution in [3.05, 3.63) is 68.4 Å². The Morgan fingerprint density at radius 1 is 1.15 bits per heavy atom. The second-order valence-corrected chi connectivity index (χ2v) is 5.76. The van der Waals surface area contributed by atoms with Crippen LogP contribution in [-0.4, -0.2) is 19.5 Å². The molecule has 0 unspecified atom stereocenters. The van der Waals surface area contributed by atoms with E-state index in [1.807, 2.05) is 0 Å². The molecule has 0 aliphatic heterocycles. The Labute approximate surface area is 150 Å². The molecule has 0 amide bonds. The number of hydrogen-bond acceptors (Lipinski definition) is 7. The number of hydrazine groups is 1.